The predicted octanol–water partition coefficient (Wildman–Crippen LogP) is 2.05. The van der Waals surface area contributed by atoms with E-state index in [4.69, 9.17) is 4.74 Å². The van der Waals surface area contributed by atoms with Gasteiger partial charge in [0, 0.05) is 49.7 Å². The van der Waals surface area contributed by atoms with E-state index in [1.165, 1.54) is 19.2 Å². The van der Waals surface area contributed by atoms with Gasteiger partial charge < -0.3 is 14.2 Å². The van der Waals surface area contributed by atoms with Gasteiger partial charge in [-0.3, -0.25) is 4.79 Å². The van der Waals surface area contributed by atoms with Gasteiger partial charge >= 0.3 is 0 Å². The van der Waals surface area contributed by atoms with Gasteiger partial charge in [-0.1, -0.05) is 0 Å². The van der Waals surface area contributed by atoms with Gasteiger partial charge in [-0.2, -0.15) is 0 Å². The molecule has 0 unspecified atom stereocenters. The van der Waals surface area contributed by atoms with Crippen LogP contribution in [0, 0.1) is 0 Å². The molecule has 1 saturated heterocycles. The van der Waals surface area contributed by atoms with Crippen LogP contribution in [0.3, 0.4) is 0 Å². The Labute approximate surface area is 173 Å². The molecule has 1 aliphatic rings. The summed E-state index contributed by atoms with van der Waals surface area (Å²) in [5, 5.41) is 0. The summed E-state index contributed by atoms with van der Waals surface area (Å²) in [5.41, 5.74) is 0.343. The maximum absolute atomic E-state index is 13.0. The zero-order chi connectivity index (χ0) is 20.1. The van der Waals surface area contributed by atoms with Gasteiger partial charge in [-0.05, 0) is 47.0 Å². The molecule has 2 heterocycles. The third kappa shape index (κ3) is 4.80. The number of nitrogens with one attached hydrogen (secondary N) is 1. The topological polar surface area (TPSA) is 93.5 Å². The fourth-order valence-electron chi connectivity index (χ4n) is 3.22. The maximum atomic E-state index is 13.0. The lowest BCUT2D eigenvalue weighted by Crippen LogP contribution is -2.39. The zero-order valence-electron chi connectivity index (χ0n) is 15.5. The monoisotopic (exact) mass is 470 g/mol. The van der Waals surface area contributed by atoms with Crippen LogP contribution in [0.4, 0.5) is 0 Å². The average molecular weight is 471 g/mol. The van der Waals surface area contributed by atoms with Crippen molar-refractivity contribution < 1.29 is 17.9 Å². The molecule has 1 aliphatic heterocycles. The van der Waals surface area contributed by atoms with Crippen LogP contribution in [0.5, 0.6) is 0 Å². The second-order valence-corrected chi connectivity index (χ2v) is 9.19. The molecule has 0 radical (unpaired) electrons. The Kier molecular flexibility index (Phi) is 6.86. The normalized spacial score (nSPS) is 15.7. The summed E-state index contributed by atoms with van der Waals surface area (Å²) in [7, 11) is -2.21. The van der Waals surface area contributed by atoms with Gasteiger partial charge in [0.25, 0.3) is 5.91 Å². The van der Waals surface area contributed by atoms with E-state index in [0.717, 1.165) is 12.8 Å². The number of carbonyl (C=O) groups excluding carboxylic acids is 1. The molecule has 2 aromatic rings. The summed E-state index contributed by atoms with van der Waals surface area (Å²) in [5.74, 6) is -0.176. The molecule has 1 amide bonds. The molecular weight excluding hydrogens is 448 g/mol. The number of imidazole rings is 1. The minimum Gasteiger partial charge on any atom is -0.383 e. The lowest BCUT2D eigenvalue weighted by molar-refractivity contribution is 0.0693. The van der Waals surface area contributed by atoms with E-state index in [0.29, 0.717) is 29.2 Å². The first-order valence-corrected chi connectivity index (χ1v) is 11.2. The van der Waals surface area contributed by atoms with E-state index in [-0.39, 0.29) is 24.0 Å². The van der Waals surface area contributed by atoms with Gasteiger partial charge in [0.2, 0.25) is 10.0 Å². The smallest absolute Gasteiger partial charge is 0.255 e. The molecule has 3 rings (SSSR count). The first kappa shape index (κ1) is 21.0. The van der Waals surface area contributed by atoms with Crippen molar-refractivity contribution in [1.29, 1.82) is 0 Å². The molecule has 10 heteroatoms. The molecule has 1 N–H and O–H groups in total. The second kappa shape index (κ2) is 9.17. The number of nitrogens with zero attached hydrogens (tertiary/aromatic N) is 3. The Morgan fingerprint density at radius 2 is 2.11 bits per heavy atom. The van der Waals surface area contributed by atoms with Gasteiger partial charge in [0.15, 0.2) is 0 Å². The van der Waals surface area contributed by atoms with Crippen LogP contribution in [-0.2, 0) is 14.8 Å². The fourth-order valence-corrected chi connectivity index (χ4v) is 4.67. The molecule has 152 valence electrons. The lowest BCUT2D eigenvalue weighted by atomic mass is 10.0. The maximum Gasteiger partial charge on any atom is 0.255 e. The number of halogens is 1. The number of rotatable bonds is 7. The Bertz CT molecular complexity index is 910. The Morgan fingerprint density at radius 3 is 2.75 bits per heavy atom. The number of methoxy groups -OCH3 is 1. The highest BCUT2D eigenvalue weighted by Crippen LogP contribution is 2.27. The first-order chi connectivity index (χ1) is 13.4. The summed E-state index contributed by atoms with van der Waals surface area (Å²) in [6, 6.07) is 4.81. The molecule has 0 bridgehead atoms. The molecule has 28 heavy (non-hydrogen) atoms. The van der Waals surface area contributed by atoms with Crippen LogP contribution in [0.25, 0.3) is 0 Å². The highest BCUT2D eigenvalue weighted by atomic mass is 79.9. The van der Waals surface area contributed by atoms with Crippen LogP contribution in [0.2, 0.25) is 0 Å². The van der Waals surface area contributed by atoms with E-state index in [2.05, 4.69) is 30.2 Å². The number of piperidine rings is 1. The van der Waals surface area contributed by atoms with Crippen LogP contribution in [-0.4, -0.2) is 62.1 Å². The van der Waals surface area contributed by atoms with Crippen molar-refractivity contribution in [3.63, 3.8) is 0 Å². The molecule has 1 aromatic heterocycles. The molecule has 0 aliphatic carbocycles. The number of hydrogen-bond donors (Lipinski definition) is 1. The zero-order valence-corrected chi connectivity index (χ0v) is 17.9. The van der Waals surface area contributed by atoms with E-state index in [1.54, 1.807) is 23.5 Å². The molecule has 0 saturated carbocycles. The van der Waals surface area contributed by atoms with Crippen LogP contribution in [0.1, 0.15) is 29.2 Å². The largest absolute Gasteiger partial charge is 0.383 e. The van der Waals surface area contributed by atoms with Crippen molar-refractivity contribution in [2.75, 3.05) is 33.4 Å². The first-order valence-electron chi connectivity index (χ1n) is 8.97. The van der Waals surface area contributed by atoms with Gasteiger partial charge in [0.05, 0.1) is 23.4 Å². The third-order valence-corrected chi connectivity index (χ3v) is 6.93. The summed E-state index contributed by atoms with van der Waals surface area (Å²) < 4.78 is 34.8. The van der Waals surface area contributed by atoms with Crippen LogP contribution < -0.4 is 4.72 Å². The van der Waals surface area contributed by atoms with Gasteiger partial charge in [-0.25, -0.2) is 18.1 Å². The number of benzene rings is 1. The minimum absolute atomic E-state index is 0.0588. The van der Waals surface area contributed by atoms with Crippen molar-refractivity contribution in [1.82, 2.24) is 19.2 Å². The van der Waals surface area contributed by atoms with E-state index in [1.807, 2.05) is 6.20 Å². The number of likely N-dealkylation sites (tertiary alicyclic amines) is 1. The summed E-state index contributed by atoms with van der Waals surface area (Å²) in [6.07, 6.45) is 7.14. The number of carbonyl (C=O) groups is 1. The Hall–Kier alpha value is -1.75. The van der Waals surface area contributed by atoms with Crippen molar-refractivity contribution in [3.8, 4) is 0 Å². The number of aromatic nitrogens is 2. The highest BCUT2D eigenvalue weighted by molar-refractivity contribution is 9.10. The summed E-state index contributed by atoms with van der Waals surface area (Å²) in [4.78, 5) is 18.9. The fraction of sp³-hybridized carbons (Fsp3) is 0.444. The number of amides is 1. The van der Waals surface area contributed by atoms with Crippen LogP contribution >= 0.6 is 15.9 Å². The minimum atomic E-state index is -3.71. The second-order valence-electron chi connectivity index (χ2n) is 6.57. The number of ether oxygens (including phenoxy) is 1. The quantitative estimate of drug-likeness (QED) is 0.624. The van der Waals surface area contributed by atoms with Crippen LogP contribution in [0.15, 0.2) is 46.3 Å². The third-order valence-electron chi connectivity index (χ3n) is 4.77. The predicted molar refractivity (Wildman–Crippen MR) is 108 cm³/mol. The summed E-state index contributed by atoms with van der Waals surface area (Å²) >= 11 is 3.38. The van der Waals surface area contributed by atoms with E-state index in [9.17, 15) is 13.2 Å². The van der Waals surface area contributed by atoms with Crippen molar-refractivity contribution >= 4 is 31.9 Å². The van der Waals surface area contributed by atoms with Gasteiger partial charge in [0.1, 0.15) is 0 Å². The molecule has 0 atom stereocenters. The van der Waals surface area contributed by atoms with E-state index >= 15 is 0 Å². The Morgan fingerprint density at radius 1 is 1.36 bits per heavy atom. The van der Waals surface area contributed by atoms with E-state index < -0.39 is 10.0 Å². The molecule has 0 spiro atoms. The van der Waals surface area contributed by atoms with Gasteiger partial charge in [-0.15, -0.1) is 0 Å². The molecule has 8 nitrogen and oxygen atoms in total. The van der Waals surface area contributed by atoms with Crippen molar-refractivity contribution in [2.24, 2.45) is 0 Å². The van der Waals surface area contributed by atoms with Crippen molar-refractivity contribution in [3.05, 3.63) is 47.0 Å². The molecular formula is C18H23BrN4O4S. The SMILES string of the molecule is COCCNS(=O)(=O)c1ccc(Br)c(C(=O)N2CCC(n3ccnc3)CC2)c1. The molecule has 1 fully saturated rings. The standard InChI is InChI=1S/C18H23BrN4O4S/c1-27-11-7-21-28(25,26)15-2-3-17(19)16(12-15)18(24)22-8-4-14(5-9-22)23-10-6-20-13-23/h2-3,6,10,12-14,21H,4-5,7-9,11H2,1H3. The van der Waals surface area contributed by atoms with Crippen molar-refractivity contribution in [2.45, 2.75) is 23.8 Å². The highest BCUT2D eigenvalue weighted by Gasteiger charge is 2.26. The average Bonchev–Trinajstić information content (AvgIpc) is 3.23. The summed E-state index contributed by atoms with van der Waals surface area (Å²) in [6.45, 7) is 1.65. The lowest BCUT2D eigenvalue weighted by Gasteiger charge is -2.32. The molecule has 1 aromatic carbocycles. The Balaban J connectivity index is 1.71. The number of sulfonamides is 1. The number of hydrogen-bond acceptors (Lipinski definition) is 5.